The smallest absolute Gasteiger partial charge is 0.412 e. The molecule has 0 fully saturated rings. The van der Waals surface area contributed by atoms with Crippen LogP contribution in [0.25, 0.3) is 10.2 Å². The molecule has 1 aromatic heterocycles. The van der Waals surface area contributed by atoms with E-state index in [4.69, 9.17) is 10.5 Å². The van der Waals surface area contributed by atoms with Crippen molar-refractivity contribution < 1.29 is 19.1 Å². The Morgan fingerprint density at radius 3 is 2.55 bits per heavy atom. The Bertz CT molecular complexity index is 761. The maximum atomic E-state index is 11.7. The molecule has 0 bridgehead atoms. The first-order valence-corrected chi connectivity index (χ1v) is 7.22. The van der Waals surface area contributed by atoms with Gasteiger partial charge in [-0.05, 0) is 39.0 Å². The Hall–Kier alpha value is -2.48. The van der Waals surface area contributed by atoms with E-state index < -0.39 is 23.4 Å². The second kappa shape index (κ2) is 5.72. The summed E-state index contributed by atoms with van der Waals surface area (Å²) in [5, 5.41) is 2.62. The molecule has 3 N–H and O–H groups in total. The van der Waals surface area contributed by atoms with E-state index in [0.717, 1.165) is 11.3 Å². The number of primary amides is 1. The molecule has 22 heavy (non-hydrogen) atoms. The number of Topliss-reactive ketones (excluding diaryl/α,β-unsaturated/α-hetero) is 1. The Morgan fingerprint density at radius 1 is 1.27 bits per heavy atom. The second-order valence-electron chi connectivity index (χ2n) is 5.52. The zero-order chi connectivity index (χ0) is 16.5. The molecule has 0 spiro atoms. The number of hydrogen-bond acceptors (Lipinski definition) is 6. The summed E-state index contributed by atoms with van der Waals surface area (Å²) >= 11 is 1.03. The number of ether oxygens (including phenoxy) is 1. The minimum atomic E-state index is -1.05. The van der Waals surface area contributed by atoms with Crippen molar-refractivity contribution in [3.8, 4) is 0 Å². The molecule has 0 radical (unpaired) electrons. The molecular weight excluding hydrogens is 306 g/mol. The first kappa shape index (κ1) is 15.9. The quantitative estimate of drug-likeness (QED) is 0.665. The summed E-state index contributed by atoms with van der Waals surface area (Å²) in [7, 11) is 0. The van der Waals surface area contributed by atoms with Gasteiger partial charge in [0.2, 0.25) is 0 Å². The third-order valence-corrected chi connectivity index (χ3v) is 3.47. The summed E-state index contributed by atoms with van der Waals surface area (Å²) < 4.78 is 5.80. The van der Waals surface area contributed by atoms with Gasteiger partial charge in [-0.15, -0.1) is 11.3 Å². The molecule has 1 heterocycles. The molecular formula is C14H15N3O4S. The maximum absolute atomic E-state index is 11.7. The summed E-state index contributed by atoms with van der Waals surface area (Å²) in [4.78, 5) is 38.1. The highest BCUT2D eigenvalue weighted by Crippen LogP contribution is 2.26. The van der Waals surface area contributed by atoms with Crippen molar-refractivity contribution in [1.29, 1.82) is 0 Å². The summed E-state index contributed by atoms with van der Waals surface area (Å²) in [6.07, 6.45) is -0.579. The van der Waals surface area contributed by atoms with E-state index in [9.17, 15) is 14.4 Å². The molecule has 1 aromatic carbocycles. The predicted octanol–water partition coefficient (Wildman–Crippen LogP) is 2.31. The number of rotatable bonds is 3. The molecule has 0 unspecified atom stereocenters. The summed E-state index contributed by atoms with van der Waals surface area (Å²) in [5.74, 6) is -1.88. The molecule has 0 saturated heterocycles. The van der Waals surface area contributed by atoms with Gasteiger partial charge in [-0.1, -0.05) is 0 Å². The largest absolute Gasteiger partial charge is 0.444 e. The number of anilines is 1. The number of nitrogens with two attached hydrogens (primary N) is 1. The lowest BCUT2D eigenvalue weighted by Crippen LogP contribution is -2.27. The molecule has 2 aromatic rings. The number of amides is 2. The number of carbonyl (C=O) groups is 3. The number of thiazole rings is 1. The van der Waals surface area contributed by atoms with E-state index in [-0.39, 0.29) is 5.01 Å². The monoisotopic (exact) mass is 321 g/mol. The van der Waals surface area contributed by atoms with E-state index >= 15 is 0 Å². The zero-order valence-corrected chi connectivity index (χ0v) is 13.1. The predicted molar refractivity (Wildman–Crippen MR) is 83.0 cm³/mol. The van der Waals surface area contributed by atoms with E-state index in [1.165, 1.54) is 0 Å². The fraction of sp³-hybridized carbons (Fsp3) is 0.286. The number of hydrogen-bond donors (Lipinski definition) is 2. The van der Waals surface area contributed by atoms with Crippen molar-refractivity contribution >= 4 is 45.0 Å². The lowest BCUT2D eigenvalue weighted by Gasteiger charge is -2.19. The minimum Gasteiger partial charge on any atom is -0.444 e. The lowest BCUT2D eigenvalue weighted by molar-refractivity contribution is -0.114. The Balaban J connectivity index is 2.22. The number of nitrogens with one attached hydrogen (secondary N) is 1. The van der Waals surface area contributed by atoms with E-state index in [1.807, 2.05) is 0 Å². The van der Waals surface area contributed by atoms with Crippen LogP contribution in [0.15, 0.2) is 18.2 Å². The van der Waals surface area contributed by atoms with Crippen LogP contribution in [0.2, 0.25) is 0 Å². The van der Waals surface area contributed by atoms with Crippen molar-refractivity contribution in [2.75, 3.05) is 5.32 Å². The van der Waals surface area contributed by atoms with Gasteiger partial charge in [0.15, 0.2) is 5.01 Å². The SMILES string of the molecule is CC(C)(C)OC(=O)Nc1ccc2nc(C(=O)C(N)=O)sc2c1. The molecule has 0 saturated carbocycles. The lowest BCUT2D eigenvalue weighted by atomic mass is 10.2. The Labute approximate surface area is 130 Å². The topological polar surface area (TPSA) is 111 Å². The van der Waals surface area contributed by atoms with Gasteiger partial charge in [0.25, 0.3) is 11.7 Å². The zero-order valence-electron chi connectivity index (χ0n) is 12.3. The number of ketones is 1. The van der Waals surface area contributed by atoms with Crippen molar-refractivity contribution in [2.24, 2.45) is 5.73 Å². The fourth-order valence-corrected chi connectivity index (χ4v) is 2.58. The molecule has 2 amide bonds. The third kappa shape index (κ3) is 3.79. The van der Waals surface area contributed by atoms with Crippen LogP contribution >= 0.6 is 11.3 Å². The highest BCUT2D eigenvalue weighted by atomic mass is 32.1. The maximum Gasteiger partial charge on any atom is 0.412 e. The second-order valence-corrected chi connectivity index (χ2v) is 6.55. The highest BCUT2D eigenvalue weighted by Gasteiger charge is 2.19. The van der Waals surface area contributed by atoms with Crippen LogP contribution in [-0.4, -0.2) is 28.4 Å². The number of carbonyl (C=O) groups excluding carboxylic acids is 3. The van der Waals surface area contributed by atoms with Crippen molar-refractivity contribution in [1.82, 2.24) is 4.98 Å². The first-order valence-electron chi connectivity index (χ1n) is 6.40. The normalized spacial score (nSPS) is 11.2. The van der Waals surface area contributed by atoms with Gasteiger partial charge in [-0.3, -0.25) is 14.9 Å². The third-order valence-electron chi connectivity index (χ3n) is 2.45. The molecule has 0 aliphatic heterocycles. The number of benzene rings is 1. The van der Waals surface area contributed by atoms with Crippen LogP contribution in [-0.2, 0) is 9.53 Å². The van der Waals surface area contributed by atoms with Gasteiger partial charge in [-0.25, -0.2) is 9.78 Å². The van der Waals surface area contributed by atoms with Crippen molar-refractivity contribution in [2.45, 2.75) is 26.4 Å². The van der Waals surface area contributed by atoms with E-state index in [2.05, 4.69) is 10.3 Å². The van der Waals surface area contributed by atoms with Crippen LogP contribution in [0.4, 0.5) is 10.5 Å². The minimum absolute atomic E-state index is 0.0249. The summed E-state index contributed by atoms with van der Waals surface area (Å²) in [6, 6.07) is 4.91. The average Bonchev–Trinajstić information content (AvgIpc) is 2.78. The molecule has 0 aliphatic carbocycles. The van der Waals surface area contributed by atoms with E-state index in [0.29, 0.717) is 15.9 Å². The summed E-state index contributed by atoms with van der Waals surface area (Å²) in [5.41, 5.74) is 5.40. The van der Waals surface area contributed by atoms with Gasteiger partial charge in [0.1, 0.15) is 5.60 Å². The first-order chi connectivity index (χ1) is 10.2. The fourth-order valence-electron chi connectivity index (χ4n) is 1.63. The molecule has 0 aliphatic rings. The number of nitrogens with zero attached hydrogens (tertiary/aromatic N) is 1. The van der Waals surface area contributed by atoms with Crippen molar-refractivity contribution in [3.63, 3.8) is 0 Å². The standard InChI is InChI=1S/C14H15N3O4S/c1-14(2,3)21-13(20)16-7-4-5-8-9(6-7)22-12(17-8)10(18)11(15)19/h4-6H,1-3H3,(H2,15,19)(H,16,20). The highest BCUT2D eigenvalue weighted by molar-refractivity contribution is 7.21. The van der Waals surface area contributed by atoms with Gasteiger partial charge in [-0.2, -0.15) is 0 Å². The number of aromatic nitrogens is 1. The van der Waals surface area contributed by atoms with Gasteiger partial charge < -0.3 is 10.5 Å². The summed E-state index contributed by atoms with van der Waals surface area (Å²) in [6.45, 7) is 5.29. The Morgan fingerprint density at radius 2 is 1.95 bits per heavy atom. The van der Waals surface area contributed by atoms with Gasteiger partial charge in [0.05, 0.1) is 10.2 Å². The van der Waals surface area contributed by atoms with Crippen LogP contribution in [0.5, 0.6) is 0 Å². The van der Waals surface area contributed by atoms with Crippen LogP contribution < -0.4 is 11.1 Å². The molecule has 0 atom stereocenters. The van der Waals surface area contributed by atoms with Crippen LogP contribution in [0.3, 0.4) is 0 Å². The van der Waals surface area contributed by atoms with Gasteiger partial charge in [0, 0.05) is 5.69 Å². The van der Waals surface area contributed by atoms with E-state index in [1.54, 1.807) is 39.0 Å². The molecule has 116 valence electrons. The molecule has 8 heteroatoms. The average molecular weight is 321 g/mol. The van der Waals surface area contributed by atoms with Crippen LogP contribution in [0, 0.1) is 0 Å². The number of fused-ring (bicyclic) bond motifs is 1. The Kier molecular flexibility index (Phi) is 4.14. The van der Waals surface area contributed by atoms with Gasteiger partial charge >= 0.3 is 6.09 Å². The molecule has 2 rings (SSSR count). The molecule has 7 nitrogen and oxygen atoms in total. The van der Waals surface area contributed by atoms with Crippen LogP contribution in [0.1, 0.15) is 30.6 Å². The van der Waals surface area contributed by atoms with Crippen molar-refractivity contribution in [3.05, 3.63) is 23.2 Å².